The van der Waals surface area contributed by atoms with E-state index in [1.54, 1.807) is 20.8 Å². The number of hydrogen-bond acceptors (Lipinski definition) is 4. The Morgan fingerprint density at radius 2 is 1.80 bits per heavy atom. The lowest BCUT2D eigenvalue weighted by Gasteiger charge is -2.23. The number of allylic oxidation sites excluding steroid dienone is 2. The molecule has 84 valence electrons. The van der Waals surface area contributed by atoms with Gasteiger partial charge in [0.25, 0.3) is 0 Å². The minimum absolute atomic E-state index is 0.125. The molecule has 4 nitrogen and oxygen atoms in total. The summed E-state index contributed by atoms with van der Waals surface area (Å²) in [6.07, 6.45) is 1.53. The average Bonchev–Trinajstić information content (AvgIpc) is 2.07. The molecule has 0 unspecified atom stereocenters. The minimum atomic E-state index is -3.39. The van der Waals surface area contributed by atoms with E-state index in [4.69, 9.17) is 5.41 Å². The van der Waals surface area contributed by atoms with Crippen LogP contribution in [0.5, 0.6) is 0 Å². The smallest absolute Gasteiger partial charge is 0.180 e. The summed E-state index contributed by atoms with van der Waals surface area (Å²) in [5.41, 5.74) is -0.205. The maximum Gasteiger partial charge on any atom is 0.180 e. The molecule has 0 aromatic carbocycles. The summed E-state index contributed by atoms with van der Waals surface area (Å²) in [5, 5.41) is 7.32. The number of nitrogens with one attached hydrogen (secondary N) is 1. The van der Waals surface area contributed by atoms with Gasteiger partial charge in [-0.2, -0.15) is 0 Å². The lowest BCUT2D eigenvalue weighted by atomic mass is 10.0. The van der Waals surface area contributed by atoms with Crippen LogP contribution in [0.1, 0.15) is 33.6 Å². The van der Waals surface area contributed by atoms with Gasteiger partial charge in [-0.25, -0.2) is 8.42 Å². The Balaban J connectivity index is 3.17. The number of rotatable bonds is 1. The highest BCUT2D eigenvalue weighted by Gasteiger charge is 2.34. The molecule has 5 heteroatoms. The van der Waals surface area contributed by atoms with Crippen molar-refractivity contribution in [3.05, 3.63) is 11.0 Å². The minimum Gasteiger partial charge on any atom is -0.297 e. The van der Waals surface area contributed by atoms with Crippen molar-refractivity contribution in [2.75, 3.05) is 0 Å². The summed E-state index contributed by atoms with van der Waals surface area (Å²) in [6, 6.07) is 0. The molecule has 0 saturated carbocycles. The monoisotopic (exact) mass is 229 g/mol. The standard InChI is InChI=1S/C10H15NO3S/c1-10(2,3)15(13,14)7-4-5-9(12)8(11)6-7/h6,11H,4-5H2,1-3H3. The first-order chi connectivity index (χ1) is 6.66. The zero-order valence-corrected chi connectivity index (χ0v) is 9.94. The number of carbonyl (C=O) groups excluding carboxylic acids is 1. The molecule has 0 radical (unpaired) electrons. The summed E-state index contributed by atoms with van der Waals surface area (Å²) in [4.78, 5) is 11.3. The Bertz CT molecular complexity index is 438. The fourth-order valence-electron chi connectivity index (χ4n) is 1.29. The molecule has 0 amide bonds. The lowest BCUT2D eigenvalue weighted by molar-refractivity contribution is -0.113. The van der Waals surface area contributed by atoms with Crippen LogP contribution in [0.4, 0.5) is 0 Å². The molecule has 15 heavy (non-hydrogen) atoms. The molecule has 0 fully saturated rings. The van der Waals surface area contributed by atoms with Gasteiger partial charge < -0.3 is 0 Å². The van der Waals surface area contributed by atoms with Crippen LogP contribution in [-0.4, -0.2) is 24.7 Å². The van der Waals surface area contributed by atoms with Crippen LogP contribution >= 0.6 is 0 Å². The second kappa shape index (κ2) is 3.56. The first kappa shape index (κ1) is 12.1. The lowest BCUT2D eigenvalue weighted by Crippen LogP contribution is -2.31. The fourth-order valence-corrected chi connectivity index (χ4v) is 2.72. The van der Waals surface area contributed by atoms with E-state index in [9.17, 15) is 13.2 Å². The predicted molar refractivity (Wildman–Crippen MR) is 58.7 cm³/mol. The van der Waals surface area contributed by atoms with Gasteiger partial charge in [0.1, 0.15) is 0 Å². The van der Waals surface area contributed by atoms with Crippen LogP contribution in [0.25, 0.3) is 0 Å². The maximum absolute atomic E-state index is 12.0. The number of carbonyl (C=O) groups is 1. The van der Waals surface area contributed by atoms with E-state index in [2.05, 4.69) is 0 Å². The number of sulfone groups is 1. The van der Waals surface area contributed by atoms with E-state index < -0.39 is 14.6 Å². The van der Waals surface area contributed by atoms with Crippen molar-refractivity contribution >= 4 is 21.3 Å². The molecule has 0 aliphatic heterocycles. The van der Waals surface area contributed by atoms with Crippen molar-refractivity contribution in [1.29, 1.82) is 5.41 Å². The van der Waals surface area contributed by atoms with Gasteiger partial charge in [-0.15, -0.1) is 0 Å². The van der Waals surface area contributed by atoms with Crippen molar-refractivity contribution in [1.82, 2.24) is 0 Å². The van der Waals surface area contributed by atoms with E-state index >= 15 is 0 Å². The van der Waals surface area contributed by atoms with Crippen molar-refractivity contribution in [3.8, 4) is 0 Å². The molecule has 0 spiro atoms. The fraction of sp³-hybridized carbons (Fsp3) is 0.600. The van der Waals surface area contributed by atoms with E-state index in [1.165, 1.54) is 6.08 Å². The average molecular weight is 229 g/mol. The van der Waals surface area contributed by atoms with Crippen molar-refractivity contribution in [3.63, 3.8) is 0 Å². The van der Waals surface area contributed by atoms with Crippen LogP contribution in [0.2, 0.25) is 0 Å². The van der Waals surface area contributed by atoms with Crippen LogP contribution in [0, 0.1) is 5.41 Å². The Morgan fingerprint density at radius 1 is 1.27 bits per heavy atom. The molecule has 1 aliphatic carbocycles. The van der Waals surface area contributed by atoms with E-state index in [-0.39, 0.29) is 29.2 Å². The number of ketones is 1. The van der Waals surface area contributed by atoms with Crippen molar-refractivity contribution in [2.24, 2.45) is 0 Å². The predicted octanol–water partition coefficient (Wildman–Crippen LogP) is 1.47. The molecule has 0 saturated heterocycles. The third kappa shape index (κ3) is 2.17. The SMILES string of the molecule is CC(C)(C)S(=O)(=O)C1=CC(=N)C(=O)CC1. The molecule has 0 bridgehead atoms. The summed E-state index contributed by atoms with van der Waals surface area (Å²) < 4.78 is 23.1. The summed E-state index contributed by atoms with van der Waals surface area (Å²) in [6.45, 7) is 4.84. The van der Waals surface area contributed by atoms with Crippen molar-refractivity contribution in [2.45, 2.75) is 38.4 Å². The summed E-state index contributed by atoms with van der Waals surface area (Å²) in [5.74, 6) is -0.289. The molecule has 1 aliphatic rings. The van der Waals surface area contributed by atoms with Crippen molar-refractivity contribution < 1.29 is 13.2 Å². The van der Waals surface area contributed by atoms with Gasteiger partial charge in [0.15, 0.2) is 15.6 Å². The third-order valence-corrected chi connectivity index (χ3v) is 4.98. The van der Waals surface area contributed by atoms with Crippen LogP contribution < -0.4 is 0 Å². The second-order valence-electron chi connectivity index (χ2n) is 4.56. The van der Waals surface area contributed by atoms with Crippen LogP contribution in [0.3, 0.4) is 0 Å². The van der Waals surface area contributed by atoms with Gasteiger partial charge in [-0.3, -0.25) is 10.2 Å². The maximum atomic E-state index is 12.0. The zero-order chi connectivity index (χ0) is 11.9. The largest absolute Gasteiger partial charge is 0.297 e. The zero-order valence-electron chi connectivity index (χ0n) is 9.12. The van der Waals surface area contributed by atoms with Gasteiger partial charge in [-0.1, -0.05) is 0 Å². The molecule has 1 rings (SSSR count). The first-order valence-electron chi connectivity index (χ1n) is 4.73. The Kier molecular flexibility index (Phi) is 2.87. The Labute approximate surface area is 89.8 Å². The number of Topliss-reactive ketones (excluding diaryl/α,β-unsaturated/α-hetero) is 1. The third-order valence-electron chi connectivity index (χ3n) is 2.36. The van der Waals surface area contributed by atoms with E-state index in [1.807, 2.05) is 0 Å². The Hall–Kier alpha value is -0.970. The molecule has 0 aromatic rings. The first-order valence-corrected chi connectivity index (χ1v) is 6.21. The highest BCUT2D eigenvalue weighted by atomic mass is 32.2. The highest BCUT2D eigenvalue weighted by molar-refractivity contribution is 7.96. The molecule has 0 aromatic heterocycles. The summed E-state index contributed by atoms with van der Waals surface area (Å²) in [7, 11) is -3.39. The second-order valence-corrected chi connectivity index (χ2v) is 7.32. The van der Waals surface area contributed by atoms with Gasteiger partial charge in [-0.05, 0) is 33.3 Å². The highest BCUT2D eigenvalue weighted by Crippen LogP contribution is 2.28. The van der Waals surface area contributed by atoms with Gasteiger partial charge in [0.05, 0.1) is 10.5 Å². The van der Waals surface area contributed by atoms with Gasteiger partial charge in [0, 0.05) is 11.3 Å². The topological polar surface area (TPSA) is 75.1 Å². The quantitative estimate of drug-likeness (QED) is 0.739. The van der Waals surface area contributed by atoms with E-state index in [0.29, 0.717) is 0 Å². The normalized spacial score (nSPS) is 19.0. The Morgan fingerprint density at radius 3 is 2.20 bits per heavy atom. The molecule has 0 atom stereocenters. The number of hydrogen-bond donors (Lipinski definition) is 1. The molecule has 0 heterocycles. The van der Waals surface area contributed by atoms with Gasteiger partial charge >= 0.3 is 0 Å². The van der Waals surface area contributed by atoms with Gasteiger partial charge in [0.2, 0.25) is 0 Å². The molecular formula is C10H15NO3S. The molecular weight excluding hydrogens is 214 g/mol. The van der Waals surface area contributed by atoms with Crippen LogP contribution in [0.15, 0.2) is 11.0 Å². The van der Waals surface area contributed by atoms with Crippen LogP contribution in [-0.2, 0) is 14.6 Å². The molecule has 1 N–H and O–H groups in total. The van der Waals surface area contributed by atoms with E-state index in [0.717, 1.165) is 0 Å². The summed E-state index contributed by atoms with van der Waals surface area (Å²) >= 11 is 0.